The van der Waals surface area contributed by atoms with Gasteiger partial charge in [-0.05, 0) is 25.8 Å². The zero-order valence-corrected chi connectivity index (χ0v) is 10.9. The Hall–Kier alpha value is -1.95. The molecular weight excluding hydrogens is 228 g/mol. The van der Waals surface area contributed by atoms with Gasteiger partial charge in [0.1, 0.15) is 12.1 Å². The van der Waals surface area contributed by atoms with Gasteiger partial charge in [-0.3, -0.25) is 0 Å². The fraction of sp³-hybridized carbons (Fsp3) is 0.417. The number of nitrogen functional groups attached to an aromatic ring is 1. The molecule has 18 heavy (non-hydrogen) atoms. The zero-order valence-electron chi connectivity index (χ0n) is 10.9. The fourth-order valence-electron chi connectivity index (χ4n) is 1.88. The van der Waals surface area contributed by atoms with Crippen LogP contribution in [-0.4, -0.2) is 19.7 Å². The summed E-state index contributed by atoms with van der Waals surface area (Å²) in [5.41, 5.74) is 5.66. The van der Waals surface area contributed by atoms with Crippen LogP contribution in [0.25, 0.3) is 5.82 Å². The molecule has 0 amide bonds. The largest absolute Gasteiger partial charge is 0.308 e. The van der Waals surface area contributed by atoms with Gasteiger partial charge < -0.3 is 5.43 Å². The summed E-state index contributed by atoms with van der Waals surface area (Å²) in [5.74, 6) is 6.82. The minimum atomic E-state index is 0.621. The minimum absolute atomic E-state index is 0.621. The van der Waals surface area contributed by atoms with Crippen LogP contribution >= 0.6 is 0 Å². The summed E-state index contributed by atoms with van der Waals surface area (Å²) in [6, 6.07) is 2.11. The average Bonchev–Trinajstić information content (AvgIpc) is 2.82. The first-order valence-corrected chi connectivity index (χ1v) is 6.07. The molecule has 0 spiro atoms. The molecule has 3 N–H and O–H groups in total. The maximum Gasteiger partial charge on any atom is 0.162 e. The molecule has 6 heteroatoms. The molecule has 6 nitrogen and oxygen atoms in total. The highest BCUT2D eigenvalue weighted by Gasteiger charge is 2.13. The maximum atomic E-state index is 5.43. The zero-order chi connectivity index (χ0) is 13.1. The predicted molar refractivity (Wildman–Crippen MR) is 70.5 cm³/mol. The minimum Gasteiger partial charge on any atom is -0.308 e. The van der Waals surface area contributed by atoms with Crippen LogP contribution in [-0.2, 0) is 12.8 Å². The van der Waals surface area contributed by atoms with Crippen LogP contribution < -0.4 is 11.3 Å². The lowest BCUT2D eigenvalue weighted by molar-refractivity contribution is 0.762. The Bertz CT molecular complexity index is 545. The van der Waals surface area contributed by atoms with Crippen molar-refractivity contribution in [1.29, 1.82) is 0 Å². The number of aryl methyl sites for hydroxylation is 2. The second kappa shape index (κ2) is 5.14. The standard InChI is InChI=1S/C12H18N6/c1-4-9-6-10(5-2)18(17-9)12-8(3)11(16-13)14-7-15-12/h6-7H,4-5,13H2,1-3H3,(H,14,15,16). The van der Waals surface area contributed by atoms with Crippen molar-refractivity contribution in [2.24, 2.45) is 5.84 Å². The molecule has 2 rings (SSSR count). The third-order valence-corrected chi connectivity index (χ3v) is 2.95. The van der Waals surface area contributed by atoms with Gasteiger partial charge in [-0.15, -0.1) is 0 Å². The topological polar surface area (TPSA) is 81.7 Å². The van der Waals surface area contributed by atoms with Gasteiger partial charge >= 0.3 is 0 Å². The van der Waals surface area contributed by atoms with Crippen LogP contribution in [0.4, 0.5) is 5.82 Å². The van der Waals surface area contributed by atoms with E-state index in [1.807, 2.05) is 11.6 Å². The number of aromatic nitrogens is 4. The number of nitrogens with one attached hydrogen (secondary N) is 1. The SMILES string of the molecule is CCc1cc(CC)n(-c2ncnc(NN)c2C)n1. The summed E-state index contributed by atoms with van der Waals surface area (Å²) >= 11 is 0. The van der Waals surface area contributed by atoms with Crippen LogP contribution in [0, 0.1) is 6.92 Å². The molecule has 0 radical (unpaired) electrons. The summed E-state index contributed by atoms with van der Waals surface area (Å²) < 4.78 is 1.87. The van der Waals surface area contributed by atoms with Gasteiger partial charge in [0.15, 0.2) is 5.82 Å². The van der Waals surface area contributed by atoms with Crippen LogP contribution in [0.3, 0.4) is 0 Å². The van der Waals surface area contributed by atoms with Gasteiger partial charge in [0.2, 0.25) is 0 Å². The van der Waals surface area contributed by atoms with E-state index in [9.17, 15) is 0 Å². The Morgan fingerprint density at radius 1 is 1.28 bits per heavy atom. The van der Waals surface area contributed by atoms with E-state index in [2.05, 4.69) is 40.4 Å². The molecule has 0 saturated heterocycles. The second-order valence-corrected chi connectivity index (χ2v) is 4.06. The number of hydrazine groups is 1. The summed E-state index contributed by atoms with van der Waals surface area (Å²) in [4.78, 5) is 8.38. The number of nitrogens with two attached hydrogens (primary N) is 1. The van der Waals surface area contributed by atoms with Crippen LogP contribution in [0.2, 0.25) is 0 Å². The van der Waals surface area contributed by atoms with Gasteiger partial charge in [0.25, 0.3) is 0 Å². The van der Waals surface area contributed by atoms with Crippen molar-refractivity contribution in [3.8, 4) is 5.82 Å². The van der Waals surface area contributed by atoms with Crippen molar-refractivity contribution in [2.75, 3.05) is 5.43 Å². The average molecular weight is 246 g/mol. The Kier molecular flexibility index (Phi) is 3.57. The molecule has 0 atom stereocenters. The number of hydrogen-bond acceptors (Lipinski definition) is 5. The van der Waals surface area contributed by atoms with E-state index in [0.717, 1.165) is 35.6 Å². The van der Waals surface area contributed by atoms with E-state index >= 15 is 0 Å². The number of rotatable bonds is 4. The Balaban J connectivity index is 2.57. The molecular formula is C12H18N6. The third-order valence-electron chi connectivity index (χ3n) is 2.95. The van der Waals surface area contributed by atoms with E-state index in [1.54, 1.807) is 0 Å². The van der Waals surface area contributed by atoms with Gasteiger partial charge in [0.05, 0.1) is 5.69 Å². The third kappa shape index (κ3) is 2.06. The predicted octanol–water partition coefficient (Wildman–Crippen LogP) is 1.38. The first-order chi connectivity index (χ1) is 8.71. The van der Waals surface area contributed by atoms with Crippen molar-refractivity contribution >= 4 is 5.82 Å². The van der Waals surface area contributed by atoms with Gasteiger partial charge in [-0.2, -0.15) is 5.10 Å². The molecule has 0 aromatic carbocycles. The van der Waals surface area contributed by atoms with E-state index in [-0.39, 0.29) is 0 Å². The van der Waals surface area contributed by atoms with Crippen molar-refractivity contribution in [2.45, 2.75) is 33.6 Å². The lowest BCUT2D eigenvalue weighted by Crippen LogP contribution is -2.14. The van der Waals surface area contributed by atoms with E-state index in [0.29, 0.717) is 5.82 Å². The van der Waals surface area contributed by atoms with E-state index < -0.39 is 0 Å². The highest BCUT2D eigenvalue weighted by Crippen LogP contribution is 2.19. The molecule has 0 aliphatic rings. The smallest absolute Gasteiger partial charge is 0.162 e. The quantitative estimate of drug-likeness (QED) is 0.629. The first-order valence-electron chi connectivity index (χ1n) is 6.07. The van der Waals surface area contributed by atoms with Crippen molar-refractivity contribution in [3.05, 3.63) is 29.3 Å². The fourth-order valence-corrected chi connectivity index (χ4v) is 1.88. The highest BCUT2D eigenvalue weighted by molar-refractivity contribution is 5.50. The van der Waals surface area contributed by atoms with Gasteiger partial charge in [-0.1, -0.05) is 13.8 Å². The van der Waals surface area contributed by atoms with Crippen molar-refractivity contribution in [3.63, 3.8) is 0 Å². The summed E-state index contributed by atoms with van der Waals surface area (Å²) in [6.45, 7) is 6.12. The Labute approximate surface area is 106 Å². The molecule has 0 aliphatic carbocycles. The molecule has 0 fully saturated rings. The van der Waals surface area contributed by atoms with Gasteiger partial charge in [-0.25, -0.2) is 20.5 Å². The lowest BCUT2D eigenvalue weighted by atomic mass is 10.2. The molecule has 0 saturated carbocycles. The molecule has 0 unspecified atom stereocenters. The molecule has 0 aliphatic heterocycles. The molecule has 2 aromatic rings. The van der Waals surface area contributed by atoms with E-state index in [1.165, 1.54) is 6.33 Å². The normalized spacial score (nSPS) is 10.7. The molecule has 96 valence electrons. The molecule has 2 aromatic heterocycles. The lowest BCUT2D eigenvalue weighted by Gasteiger charge is -2.10. The molecule has 2 heterocycles. The number of nitrogens with zero attached hydrogens (tertiary/aromatic N) is 4. The Morgan fingerprint density at radius 3 is 2.67 bits per heavy atom. The monoisotopic (exact) mass is 246 g/mol. The maximum absolute atomic E-state index is 5.43. The summed E-state index contributed by atoms with van der Waals surface area (Å²) in [5, 5.41) is 4.56. The van der Waals surface area contributed by atoms with Crippen LogP contribution in [0.5, 0.6) is 0 Å². The summed E-state index contributed by atoms with van der Waals surface area (Å²) in [6.07, 6.45) is 3.30. The van der Waals surface area contributed by atoms with Crippen molar-refractivity contribution in [1.82, 2.24) is 19.7 Å². The number of hydrogen-bond donors (Lipinski definition) is 2. The summed E-state index contributed by atoms with van der Waals surface area (Å²) in [7, 11) is 0. The second-order valence-electron chi connectivity index (χ2n) is 4.06. The van der Waals surface area contributed by atoms with Gasteiger partial charge in [0, 0.05) is 11.3 Å². The van der Waals surface area contributed by atoms with E-state index in [4.69, 9.17) is 5.84 Å². The molecule has 0 bridgehead atoms. The van der Waals surface area contributed by atoms with Crippen LogP contribution in [0.1, 0.15) is 30.8 Å². The number of anilines is 1. The Morgan fingerprint density at radius 2 is 2.06 bits per heavy atom. The first kappa shape index (κ1) is 12.5. The van der Waals surface area contributed by atoms with Crippen molar-refractivity contribution < 1.29 is 0 Å². The highest BCUT2D eigenvalue weighted by atomic mass is 15.3. The van der Waals surface area contributed by atoms with Crippen LogP contribution in [0.15, 0.2) is 12.4 Å².